The van der Waals surface area contributed by atoms with Crippen molar-refractivity contribution in [3.8, 4) is 0 Å². The van der Waals surface area contributed by atoms with Crippen molar-refractivity contribution in [2.24, 2.45) is 0 Å². The van der Waals surface area contributed by atoms with Crippen LogP contribution in [0.4, 0.5) is 15.8 Å². The Morgan fingerprint density at radius 3 is 2.65 bits per heavy atom. The summed E-state index contributed by atoms with van der Waals surface area (Å²) < 4.78 is 12.9. The molecule has 2 aromatic rings. The molecule has 0 aliphatic carbocycles. The third-order valence-corrected chi connectivity index (χ3v) is 3.24. The van der Waals surface area contributed by atoms with E-state index in [0.29, 0.717) is 17.1 Å². The van der Waals surface area contributed by atoms with Gasteiger partial charge in [0.05, 0.1) is 4.92 Å². The maximum absolute atomic E-state index is 12.9. The van der Waals surface area contributed by atoms with Crippen molar-refractivity contribution in [2.75, 3.05) is 5.32 Å². The summed E-state index contributed by atoms with van der Waals surface area (Å²) in [5, 5.41) is 14.2. The van der Waals surface area contributed by atoms with Gasteiger partial charge in [-0.05, 0) is 36.8 Å². The van der Waals surface area contributed by atoms with Gasteiger partial charge < -0.3 is 5.32 Å². The van der Waals surface area contributed by atoms with Crippen molar-refractivity contribution < 1.29 is 9.31 Å². The Labute approximate surface area is 120 Å². The number of nitrogens with zero attached hydrogens (tertiary/aromatic N) is 1. The van der Waals surface area contributed by atoms with Crippen LogP contribution in [0.1, 0.15) is 11.1 Å². The topological polar surface area (TPSA) is 55.2 Å². The first-order chi connectivity index (χ1) is 9.47. The molecule has 0 saturated carbocycles. The number of hydrogen-bond donors (Lipinski definition) is 1. The smallest absolute Gasteiger partial charge is 0.272 e. The van der Waals surface area contributed by atoms with Crippen LogP contribution in [0.25, 0.3) is 0 Å². The molecule has 0 saturated heterocycles. The van der Waals surface area contributed by atoms with Gasteiger partial charge in [0.25, 0.3) is 5.69 Å². The summed E-state index contributed by atoms with van der Waals surface area (Å²) in [4.78, 5) is 10.3. The number of rotatable bonds is 4. The predicted octanol–water partition coefficient (Wildman–Crippen LogP) is 4.31. The first kappa shape index (κ1) is 14.3. The van der Waals surface area contributed by atoms with Gasteiger partial charge >= 0.3 is 0 Å². The quantitative estimate of drug-likeness (QED) is 0.675. The van der Waals surface area contributed by atoms with Crippen molar-refractivity contribution in [2.45, 2.75) is 13.5 Å². The molecule has 6 heteroatoms. The van der Waals surface area contributed by atoms with E-state index < -0.39 is 4.92 Å². The molecule has 0 amide bonds. The fraction of sp³-hybridized carbons (Fsp3) is 0.143. The SMILES string of the molecule is Cc1cc(NCc2ccc(F)cc2Cl)ccc1[N+](=O)[O-]. The molecule has 4 nitrogen and oxygen atoms in total. The van der Waals surface area contributed by atoms with E-state index in [1.165, 1.54) is 18.2 Å². The molecule has 0 radical (unpaired) electrons. The number of anilines is 1. The van der Waals surface area contributed by atoms with Crippen LogP contribution in [0.3, 0.4) is 0 Å². The van der Waals surface area contributed by atoms with Gasteiger partial charge in [0.2, 0.25) is 0 Å². The fourth-order valence-corrected chi connectivity index (χ4v) is 2.07. The number of nitro benzene ring substituents is 1. The van der Waals surface area contributed by atoms with Crippen molar-refractivity contribution in [1.82, 2.24) is 0 Å². The van der Waals surface area contributed by atoms with Crippen LogP contribution in [-0.4, -0.2) is 4.92 Å². The Morgan fingerprint density at radius 2 is 2.05 bits per heavy atom. The van der Waals surface area contributed by atoms with Gasteiger partial charge in [-0.3, -0.25) is 10.1 Å². The number of hydrogen-bond acceptors (Lipinski definition) is 3. The lowest BCUT2D eigenvalue weighted by Crippen LogP contribution is -2.01. The molecule has 0 bridgehead atoms. The Morgan fingerprint density at radius 1 is 1.30 bits per heavy atom. The van der Waals surface area contributed by atoms with Gasteiger partial charge in [-0.2, -0.15) is 0 Å². The second-order valence-electron chi connectivity index (χ2n) is 4.35. The minimum Gasteiger partial charge on any atom is -0.381 e. The number of nitrogens with one attached hydrogen (secondary N) is 1. The minimum atomic E-state index is -0.421. The molecule has 20 heavy (non-hydrogen) atoms. The molecule has 2 aromatic carbocycles. The molecular formula is C14H12ClFN2O2. The fourth-order valence-electron chi connectivity index (χ4n) is 1.83. The number of aryl methyl sites for hydroxylation is 1. The summed E-state index contributed by atoms with van der Waals surface area (Å²) in [5.74, 6) is -0.384. The third kappa shape index (κ3) is 3.24. The summed E-state index contributed by atoms with van der Waals surface area (Å²) in [6.07, 6.45) is 0. The Kier molecular flexibility index (Phi) is 4.20. The Hall–Kier alpha value is -2.14. The number of halogens is 2. The molecule has 0 spiro atoms. The molecule has 0 aliphatic rings. The van der Waals surface area contributed by atoms with Gasteiger partial charge in [-0.25, -0.2) is 4.39 Å². The van der Waals surface area contributed by atoms with Crippen LogP contribution < -0.4 is 5.32 Å². The van der Waals surface area contributed by atoms with E-state index in [4.69, 9.17) is 11.6 Å². The highest BCUT2D eigenvalue weighted by molar-refractivity contribution is 6.31. The van der Waals surface area contributed by atoms with Gasteiger partial charge in [0, 0.05) is 28.9 Å². The molecule has 0 unspecified atom stereocenters. The van der Waals surface area contributed by atoms with Gasteiger partial charge in [0.15, 0.2) is 0 Å². The lowest BCUT2D eigenvalue weighted by atomic mass is 10.1. The molecule has 1 N–H and O–H groups in total. The molecule has 104 valence electrons. The van der Waals surface area contributed by atoms with E-state index in [-0.39, 0.29) is 11.5 Å². The lowest BCUT2D eigenvalue weighted by Gasteiger charge is -2.09. The molecule has 0 aromatic heterocycles. The van der Waals surface area contributed by atoms with Crippen LogP contribution >= 0.6 is 11.6 Å². The van der Waals surface area contributed by atoms with Crippen LogP contribution in [-0.2, 0) is 6.54 Å². The van der Waals surface area contributed by atoms with E-state index in [9.17, 15) is 14.5 Å². The highest BCUT2D eigenvalue weighted by Gasteiger charge is 2.10. The second-order valence-corrected chi connectivity index (χ2v) is 4.75. The predicted molar refractivity (Wildman–Crippen MR) is 76.6 cm³/mol. The van der Waals surface area contributed by atoms with Crippen LogP contribution in [0, 0.1) is 22.9 Å². The van der Waals surface area contributed by atoms with Crippen LogP contribution in [0.15, 0.2) is 36.4 Å². The maximum atomic E-state index is 12.9. The largest absolute Gasteiger partial charge is 0.381 e. The lowest BCUT2D eigenvalue weighted by molar-refractivity contribution is -0.385. The molecule has 0 heterocycles. The molecule has 0 fully saturated rings. The normalized spacial score (nSPS) is 10.3. The summed E-state index contributed by atoms with van der Waals surface area (Å²) in [5.41, 5.74) is 2.15. The summed E-state index contributed by atoms with van der Waals surface area (Å²) in [6, 6.07) is 8.95. The number of benzene rings is 2. The van der Waals surface area contributed by atoms with Crippen molar-refractivity contribution in [1.29, 1.82) is 0 Å². The second kappa shape index (κ2) is 5.88. The standard InChI is InChI=1S/C14H12ClFN2O2/c1-9-6-12(4-5-14(9)18(19)20)17-8-10-2-3-11(16)7-13(10)15/h2-7,17H,8H2,1H3. The Bertz CT molecular complexity index is 662. The van der Waals surface area contributed by atoms with Crippen molar-refractivity contribution in [3.05, 3.63) is 68.5 Å². The van der Waals surface area contributed by atoms with E-state index in [2.05, 4.69) is 5.32 Å². The Balaban J connectivity index is 2.11. The maximum Gasteiger partial charge on any atom is 0.272 e. The molecular weight excluding hydrogens is 283 g/mol. The van der Waals surface area contributed by atoms with Gasteiger partial charge in [0.1, 0.15) is 5.82 Å². The molecule has 2 rings (SSSR count). The van der Waals surface area contributed by atoms with Crippen molar-refractivity contribution in [3.63, 3.8) is 0 Å². The van der Waals surface area contributed by atoms with Gasteiger partial charge in [-0.15, -0.1) is 0 Å². The average Bonchev–Trinajstić information content (AvgIpc) is 2.37. The summed E-state index contributed by atoms with van der Waals surface area (Å²) in [6.45, 7) is 2.09. The summed E-state index contributed by atoms with van der Waals surface area (Å²) >= 11 is 5.92. The molecule has 0 atom stereocenters. The van der Waals surface area contributed by atoms with Crippen LogP contribution in [0.2, 0.25) is 5.02 Å². The van der Waals surface area contributed by atoms with E-state index in [1.807, 2.05) is 0 Å². The number of nitro groups is 1. The van der Waals surface area contributed by atoms with E-state index >= 15 is 0 Å². The first-order valence-corrected chi connectivity index (χ1v) is 6.28. The zero-order valence-corrected chi connectivity index (χ0v) is 11.4. The highest BCUT2D eigenvalue weighted by atomic mass is 35.5. The van der Waals surface area contributed by atoms with E-state index in [0.717, 1.165) is 11.3 Å². The minimum absolute atomic E-state index is 0.0790. The summed E-state index contributed by atoms with van der Waals surface area (Å²) in [7, 11) is 0. The van der Waals surface area contributed by atoms with Gasteiger partial charge in [-0.1, -0.05) is 17.7 Å². The molecule has 0 aliphatic heterocycles. The average molecular weight is 295 g/mol. The third-order valence-electron chi connectivity index (χ3n) is 2.89. The van der Waals surface area contributed by atoms with Crippen LogP contribution in [0.5, 0.6) is 0 Å². The van der Waals surface area contributed by atoms with Crippen molar-refractivity contribution >= 4 is 23.0 Å². The first-order valence-electron chi connectivity index (χ1n) is 5.90. The highest BCUT2D eigenvalue weighted by Crippen LogP contribution is 2.23. The zero-order chi connectivity index (χ0) is 14.7. The monoisotopic (exact) mass is 294 g/mol. The van der Waals surface area contributed by atoms with E-state index in [1.54, 1.807) is 25.1 Å². The zero-order valence-electron chi connectivity index (χ0n) is 10.7.